The summed E-state index contributed by atoms with van der Waals surface area (Å²) in [6, 6.07) is 4.71. The predicted molar refractivity (Wildman–Crippen MR) is 120 cm³/mol. The third-order valence-corrected chi connectivity index (χ3v) is 6.01. The smallest absolute Gasteiger partial charge is 0.412 e. The number of carbonyl (C=O) groups is 2. The topological polar surface area (TPSA) is 84.1 Å². The molecule has 0 radical (unpaired) electrons. The fourth-order valence-corrected chi connectivity index (χ4v) is 4.43. The standard InChI is InChI=1S/C21H28ClN3O4S/c1-12-16(24(19(27)28)20(2,3)4)18(30-25(12)21(5,6)7)23-17(26)14-11-13(22)9-10-15(14)29-8/h9-11H,1-8H3,(H,27,28)/b23-18-. The first-order valence-electron chi connectivity index (χ1n) is 9.37. The van der Waals surface area contributed by atoms with Crippen molar-refractivity contribution in [3.8, 4) is 5.75 Å². The summed E-state index contributed by atoms with van der Waals surface area (Å²) in [7, 11) is 1.46. The van der Waals surface area contributed by atoms with Crippen LogP contribution in [0.2, 0.25) is 5.02 Å². The number of nitrogens with zero attached hydrogens (tertiary/aromatic N) is 3. The number of hydrogen-bond donors (Lipinski definition) is 1. The minimum Gasteiger partial charge on any atom is -0.496 e. The highest BCUT2D eigenvalue weighted by molar-refractivity contribution is 7.04. The van der Waals surface area contributed by atoms with E-state index in [1.54, 1.807) is 32.9 Å². The Kier molecular flexibility index (Phi) is 6.73. The van der Waals surface area contributed by atoms with Gasteiger partial charge in [-0.05, 0) is 78.2 Å². The van der Waals surface area contributed by atoms with Crippen LogP contribution >= 0.6 is 23.1 Å². The number of carboxylic acid groups (broad SMARTS) is 1. The molecule has 9 heteroatoms. The number of carbonyl (C=O) groups excluding carboxylic acids is 1. The molecule has 164 valence electrons. The lowest BCUT2D eigenvalue weighted by atomic mass is 10.1. The predicted octanol–water partition coefficient (Wildman–Crippen LogP) is 5.30. The molecule has 30 heavy (non-hydrogen) atoms. The Bertz CT molecular complexity index is 1040. The number of methoxy groups -OCH3 is 1. The summed E-state index contributed by atoms with van der Waals surface area (Å²) in [6.45, 7) is 13.3. The Morgan fingerprint density at radius 3 is 2.27 bits per heavy atom. The number of rotatable bonds is 3. The third-order valence-electron chi connectivity index (χ3n) is 4.32. The van der Waals surface area contributed by atoms with Gasteiger partial charge in [-0.15, -0.1) is 0 Å². The second kappa shape index (κ2) is 8.43. The molecule has 1 aromatic heterocycles. The van der Waals surface area contributed by atoms with Gasteiger partial charge in [0.05, 0.1) is 18.4 Å². The summed E-state index contributed by atoms with van der Waals surface area (Å²) >= 11 is 7.30. The molecule has 0 bridgehead atoms. The molecule has 0 spiro atoms. The summed E-state index contributed by atoms with van der Waals surface area (Å²) in [5.74, 6) is -0.213. The molecule has 0 aliphatic heterocycles. The zero-order chi connectivity index (χ0) is 23.0. The second-order valence-electron chi connectivity index (χ2n) is 8.85. The van der Waals surface area contributed by atoms with Crippen LogP contribution in [-0.2, 0) is 5.54 Å². The van der Waals surface area contributed by atoms with Crippen LogP contribution in [0.15, 0.2) is 23.2 Å². The van der Waals surface area contributed by atoms with Crippen molar-refractivity contribution in [3.63, 3.8) is 0 Å². The third kappa shape index (κ3) is 4.87. The van der Waals surface area contributed by atoms with Crippen molar-refractivity contribution in [1.82, 2.24) is 3.96 Å². The van der Waals surface area contributed by atoms with Gasteiger partial charge < -0.3 is 9.84 Å². The lowest BCUT2D eigenvalue weighted by Gasteiger charge is -2.33. The van der Waals surface area contributed by atoms with Crippen LogP contribution in [0.4, 0.5) is 10.5 Å². The maximum atomic E-state index is 13.0. The summed E-state index contributed by atoms with van der Waals surface area (Å²) < 4.78 is 7.54. The monoisotopic (exact) mass is 453 g/mol. The number of hydrogen-bond acceptors (Lipinski definition) is 4. The number of aromatic nitrogens is 1. The van der Waals surface area contributed by atoms with E-state index < -0.39 is 17.5 Å². The van der Waals surface area contributed by atoms with Crippen LogP contribution in [0.1, 0.15) is 57.6 Å². The highest BCUT2D eigenvalue weighted by Crippen LogP contribution is 2.31. The van der Waals surface area contributed by atoms with Crippen LogP contribution < -0.4 is 14.3 Å². The molecule has 0 saturated carbocycles. The molecule has 0 aliphatic carbocycles. The number of benzene rings is 1. The molecule has 0 atom stereocenters. The molecule has 0 fully saturated rings. The van der Waals surface area contributed by atoms with E-state index in [1.165, 1.54) is 29.6 Å². The summed E-state index contributed by atoms with van der Waals surface area (Å²) in [4.78, 5) is 30.8. The van der Waals surface area contributed by atoms with Gasteiger partial charge in [-0.25, -0.2) is 4.79 Å². The summed E-state index contributed by atoms with van der Waals surface area (Å²) in [5.41, 5.74) is 0.255. The SMILES string of the molecule is COc1ccc(Cl)cc1C(=O)/N=c1\sn(C(C)(C)C)c(C)c1N(C(=O)O)C(C)(C)C. The van der Waals surface area contributed by atoms with Crippen molar-refractivity contribution in [1.29, 1.82) is 0 Å². The van der Waals surface area contributed by atoms with E-state index in [2.05, 4.69) is 4.99 Å². The van der Waals surface area contributed by atoms with Gasteiger partial charge in [-0.2, -0.15) is 4.99 Å². The molecule has 0 unspecified atom stereocenters. The first-order chi connectivity index (χ1) is 13.7. The fourth-order valence-electron chi connectivity index (χ4n) is 3.14. The molecule has 1 aromatic carbocycles. The second-order valence-corrected chi connectivity index (χ2v) is 10.2. The highest BCUT2D eigenvalue weighted by atomic mass is 35.5. The zero-order valence-electron chi connectivity index (χ0n) is 18.5. The fraction of sp³-hybridized carbons (Fsp3) is 0.476. The summed E-state index contributed by atoms with van der Waals surface area (Å²) in [6.07, 6.45) is -1.12. The minimum absolute atomic E-state index is 0.210. The molecule has 7 nitrogen and oxygen atoms in total. The minimum atomic E-state index is -1.12. The Balaban J connectivity index is 2.84. The Morgan fingerprint density at radius 2 is 1.80 bits per heavy atom. The van der Waals surface area contributed by atoms with E-state index in [4.69, 9.17) is 16.3 Å². The molecular weight excluding hydrogens is 426 g/mol. The largest absolute Gasteiger partial charge is 0.496 e. The molecule has 1 heterocycles. The van der Waals surface area contributed by atoms with Crippen LogP contribution in [0.25, 0.3) is 0 Å². The molecule has 2 aromatic rings. The van der Waals surface area contributed by atoms with Crippen LogP contribution in [0.5, 0.6) is 5.75 Å². The van der Waals surface area contributed by atoms with E-state index in [0.717, 1.165) is 5.69 Å². The van der Waals surface area contributed by atoms with Gasteiger partial charge in [0, 0.05) is 16.1 Å². The number of ether oxygens (including phenoxy) is 1. The van der Waals surface area contributed by atoms with Gasteiger partial charge in [0.1, 0.15) is 11.4 Å². The van der Waals surface area contributed by atoms with Crippen LogP contribution in [-0.4, -0.2) is 33.7 Å². The molecule has 0 aliphatic rings. The van der Waals surface area contributed by atoms with Gasteiger partial charge in [-0.3, -0.25) is 13.7 Å². The van der Waals surface area contributed by atoms with Crippen molar-refractivity contribution in [3.05, 3.63) is 39.2 Å². The van der Waals surface area contributed by atoms with E-state index in [-0.39, 0.29) is 11.1 Å². The maximum absolute atomic E-state index is 13.0. The lowest BCUT2D eigenvalue weighted by Crippen LogP contribution is -2.47. The maximum Gasteiger partial charge on any atom is 0.412 e. The van der Waals surface area contributed by atoms with Gasteiger partial charge in [0.15, 0.2) is 4.67 Å². The zero-order valence-corrected chi connectivity index (χ0v) is 20.1. The van der Waals surface area contributed by atoms with Crippen molar-refractivity contribution in [2.75, 3.05) is 12.0 Å². The lowest BCUT2D eigenvalue weighted by molar-refractivity contribution is 0.0995. The molecule has 2 rings (SSSR count). The molecular formula is C21H28ClN3O4S. The number of anilines is 1. The average Bonchev–Trinajstić information content (AvgIpc) is 2.90. The van der Waals surface area contributed by atoms with Crippen molar-refractivity contribution >= 4 is 40.8 Å². The van der Waals surface area contributed by atoms with Crippen molar-refractivity contribution in [2.45, 2.75) is 59.5 Å². The highest BCUT2D eigenvalue weighted by Gasteiger charge is 2.34. The Morgan fingerprint density at radius 1 is 1.20 bits per heavy atom. The van der Waals surface area contributed by atoms with Crippen molar-refractivity contribution in [2.24, 2.45) is 4.99 Å². The van der Waals surface area contributed by atoms with E-state index in [9.17, 15) is 14.7 Å². The molecule has 1 N–H and O–H groups in total. The van der Waals surface area contributed by atoms with Gasteiger partial charge in [0.2, 0.25) is 0 Å². The average molecular weight is 454 g/mol. The number of amides is 2. The Hall–Kier alpha value is -2.32. The number of halogens is 1. The van der Waals surface area contributed by atoms with E-state index in [0.29, 0.717) is 21.1 Å². The van der Waals surface area contributed by atoms with Crippen LogP contribution in [0.3, 0.4) is 0 Å². The molecule has 2 amide bonds. The normalized spacial score (nSPS) is 12.8. The first-order valence-corrected chi connectivity index (χ1v) is 10.5. The van der Waals surface area contributed by atoms with E-state index >= 15 is 0 Å². The van der Waals surface area contributed by atoms with Gasteiger partial charge in [0.25, 0.3) is 5.91 Å². The molecule has 0 saturated heterocycles. The summed E-state index contributed by atoms with van der Waals surface area (Å²) in [5, 5.41) is 10.3. The van der Waals surface area contributed by atoms with Crippen molar-refractivity contribution < 1.29 is 19.4 Å². The first kappa shape index (κ1) is 24.0. The Labute approximate surface area is 185 Å². The van der Waals surface area contributed by atoms with E-state index in [1.807, 2.05) is 31.7 Å². The van der Waals surface area contributed by atoms with Gasteiger partial charge in [-0.1, -0.05) is 11.6 Å². The van der Waals surface area contributed by atoms with Crippen LogP contribution in [0, 0.1) is 6.92 Å². The quantitative estimate of drug-likeness (QED) is 0.683. The van der Waals surface area contributed by atoms with Gasteiger partial charge >= 0.3 is 6.09 Å².